The highest BCUT2D eigenvalue weighted by Gasteiger charge is 2.20. The molecule has 0 aliphatic rings. The van der Waals surface area contributed by atoms with E-state index in [0.717, 1.165) is 77.0 Å². The van der Waals surface area contributed by atoms with Gasteiger partial charge in [0.25, 0.3) is 0 Å². The van der Waals surface area contributed by atoms with Crippen molar-refractivity contribution in [2.24, 2.45) is 0 Å². The summed E-state index contributed by atoms with van der Waals surface area (Å²) in [4.78, 5) is 21.4. The van der Waals surface area contributed by atoms with Gasteiger partial charge in [-0.2, -0.15) is 0 Å². The molecule has 2 heterocycles. The highest BCUT2D eigenvalue weighted by molar-refractivity contribution is 6.12. The Hall–Kier alpha value is -8.34. The fourth-order valence-corrected chi connectivity index (χ4v) is 9.27. The average Bonchev–Trinajstić information content (AvgIpc) is 3.35. The number of hydrogen-bond acceptors (Lipinski definition) is 4. The molecule has 0 spiro atoms. The SMILES string of the molecule is c1ccc(-c2cccc3c(-c4nc(-c5ccc(-c6nc(-c7cccc8c(-c9ccccc9)cccc78)nc7ccccc67)c6ccccc56)c5ccccc5n4)cccc23)cc1. The third-order valence-corrected chi connectivity index (χ3v) is 12.1. The number of rotatable bonds is 6. The molecule has 0 saturated carbocycles. The topological polar surface area (TPSA) is 51.6 Å². The van der Waals surface area contributed by atoms with Crippen molar-refractivity contribution in [3.8, 4) is 67.5 Å². The third kappa shape index (κ3) is 5.92. The normalized spacial score (nSPS) is 11.5. The first-order valence-corrected chi connectivity index (χ1v) is 21.0. The Morgan fingerprint density at radius 2 is 0.500 bits per heavy atom. The molecule has 0 radical (unpaired) electrons. The minimum Gasteiger partial charge on any atom is -0.228 e. The molecule has 62 heavy (non-hydrogen) atoms. The first-order valence-electron chi connectivity index (χ1n) is 21.0. The largest absolute Gasteiger partial charge is 0.228 e. The van der Waals surface area contributed by atoms with Crippen molar-refractivity contribution in [2.45, 2.75) is 0 Å². The molecule has 0 N–H and O–H groups in total. The highest BCUT2D eigenvalue weighted by atomic mass is 14.9. The van der Waals surface area contributed by atoms with Gasteiger partial charge >= 0.3 is 0 Å². The van der Waals surface area contributed by atoms with Gasteiger partial charge in [-0.05, 0) is 66.7 Å². The van der Waals surface area contributed by atoms with Gasteiger partial charge in [0.15, 0.2) is 11.6 Å². The predicted octanol–water partition coefficient (Wildman–Crippen LogP) is 15.0. The van der Waals surface area contributed by atoms with Gasteiger partial charge in [0.05, 0.1) is 22.4 Å². The average molecular weight is 789 g/mol. The number of benzene rings is 10. The zero-order chi connectivity index (χ0) is 41.0. The number of nitrogens with zero attached hydrogens (tertiary/aromatic N) is 4. The lowest BCUT2D eigenvalue weighted by molar-refractivity contribution is 1.23. The molecule has 4 nitrogen and oxygen atoms in total. The molecule has 2 aromatic heterocycles. The zero-order valence-corrected chi connectivity index (χ0v) is 33.6. The van der Waals surface area contributed by atoms with E-state index in [1.54, 1.807) is 0 Å². The summed E-state index contributed by atoms with van der Waals surface area (Å²) in [6.07, 6.45) is 0. The second-order valence-electron chi connectivity index (χ2n) is 15.7. The molecule has 0 amide bonds. The number of fused-ring (bicyclic) bond motifs is 5. The quantitative estimate of drug-likeness (QED) is 0.168. The molecule has 4 heteroatoms. The van der Waals surface area contributed by atoms with Crippen LogP contribution in [0.2, 0.25) is 0 Å². The summed E-state index contributed by atoms with van der Waals surface area (Å²) in [5.74, 6) is 1.39. The molecule has 12 aromatic rings. The van der Waals surface area contributed by atoms with Crippen molar-refractivity contribution >= 4 is 54.1 Å². The lowest BCUT2D eigenvalue weighted by Crippen LogP contribution is -1.98. The molecule has 0 atom stereocenters. The Labute approximate surface area is 358 Å². The number of hydrogen-bond donors (Lipinski definition) is 0. The van der Waals surface area contributed by atoms with Crippen molar-refractivity contribution in [2.75, 3.05) is 0 Å². The molecular weight excluding hydrogens is 753 g/mol. The van der Waals surface area contributed by atoms with Crippen LogP contribution in [0.15, 0.2) is 218 Å². The van der Waals surface area contributed by atoms with E-state index < -0.39 is 0 Å². The second-order valence-corrected chi connectivity index (χ2v) is 15.7. The molecule has 0 aliphatic carbocycles. The van der Waals surface area contributed by atoms with Crippen molar-refractivity contribution < 1.29 is 0 Å². The van der Waals surface area contributed by atoms with Gasteiger partial charge in [0, 0.05) is 33.0 Å². The third-order valence-electron chi connectivity index (χ3n) is 12.1. The Balaban J connectivity index is 1.05. The Kier molecular flexibility index (Phi) is 8.46. The summed E-state index contributed by atoms with van der Waals surface area (Å²) in [7, 11) is 0. The van der Waals surface area contributed by atoms with Crippen LogP contribution in [0.3, 0.4) is 0 Å². The minimum atomic E-state index is 0.694. The van der Waals surface area contributed by atoms with Crippen LogP contribution in [0.4, 0.5) is 0 Å². The van der Waals surface area contributed by atoms with Crippen LogP contribution in [0.1, 0.15) is 0 Å². The Morgan fingerprint density at radius 3 is 0.919 bits per heavy atom. The van der Waals surface area contributed by atoms with Gasteiger partial charge in [-0.25, -0.2) is 19.9 Å². The van der Waals surface area contributed by atoms with Gasteiger partial charge in [0.2, 0.25) is 0 Å². The molecular formula is C58H36N4. The molecule has 0 unspecified atom stereocenters. The first-order chi connectivity index (χ1) is 30.8. The van der Waals surface area contributed by atoms with Crippen LogP contribution in [-0.2, 0) is 0 Å². The zero-order valence-electron chi connectivity index (χ0n) is 33.6. The van der Waals surface area contributed by atoms with Crippen LogP contribution < -0.4 is 0 Å². The molecule has 10 aromatic carbocycles. The predicted molar refractivity (Wildman–Crippen MR) is 258 cm³/mol. The summed E-state index contributed by atoms with van der Waals surface area (Å²) < 4.78 is 0. The van der Waals surface area contributed by atoms with Crippen LogP contribution >= 0.6 is 0 Å². The van der Waals surface area contributed by atoms with Crippen molar-refractivity contribution in [1.29, 1.82) is 0 Å². The molecule has 0 fully saturated rings. The van der Waals surface area contributed by atoms with Crippen molar-refractivity contribution in [3.05, 3.63) is 218 Å². The number of para-hydroxylation sites is 2. The number of aromatic nitrogens is 4. The summed E-state index contributed by atoms with van der Waals surface area (Å²) >= 11 is 0. The monoisotopic (exact) mass is 788 g/mol. The van der Waals surface area contributed by atoms with E-state index in [-0.39, 0.29) is 0 Å². The molecule has 0 saturated heterocycles. The van der Waals surface area contributed by atoms with Crippen molar-refractivity contribution in [3.63, 3.8) is 0 Å². The molecule has 12 rings (SSSR count). The standard InChI is InChI=1S/C58H36N4/c1-3-17-37(18-4-1)39-25-13-29-45-41(39)27-15-31-49(45)57-59-53-33-11-9-23-51(53)55(61-57)47-35-36-48(44-22-8-7-21-43(44)47)56-52-24-10-12-34-54(52)60-58(62-56)50-32-16-28-42-40(26-14-30-46(42)50)38-19-5-2-6-20-38/h1-36H. The van der Waals surface area contributed by atoms with Gasteiger partial charge in [-0.15, -0.1) is 0 Å². The Morgan fingerprint density at radius 1 is 0.194 bits per heavy atom. The van der Waals surface area contributed by atoms with Gasteiger partial charge in [-0.1, -0.05) is 206 Å². The van der Waals surface area contributed by atoms with Gasteiger partial charge < -0.3 is 0 Å². The first kappa shape index (κ1) is 35.6. The van der Waals surface area contributed by atoms with E-state index in [1.807, 2.05) is 0 Å². The van der Waals surface area contributed by atoms with Crippen LogP contribution in [0, 0.1) is 0 Å². The maximum absolute atomic E-state index is 5.47. The lowest BCUT2D eigenvalue weighted by atomic mass is 9.92. The summed E-state index contributed by atoms with van der Waals surface area (Å²) in [6.45, 7) is 0. The van der Waals surface area contributed by atoms with E-state index >= 15 is 0 Å². The van der Waals surface area contributed by atoms with E-state index in [4.69, 9.17) is 19.9 Å². The summed E-state index contributed by atoms with van der Waals surface area (Å²) in [5.41, 5.74) is 12.4. The maximum atomic E-state index is 5.47. The maximum Gasteiger partial charge on any atom is 0.161 e. The van der Waals surface area contributed by atoms with Gasteiger partial charge in [0.1, 0.15) is 0 Å². The van der Waals surface area contributed by atoms with Crippen LogP contribution in [0.25, 0.3) is 122 Å². The summed E-state index contributed by atoms with van der Waals surface area (Å²) in [5, 5.41) is 8.74. The van der Waals surface area contributed by atoms with Crippen LogP contribution in [0.5, 0.6) is 0 Å². The highest BCUT2D eigenvalue weighted by Crippen LogP contribution is 2.42. The van der Waals surface area contributed by atoms with Crippen LogP contribution in [-0.4, -0.2) is 19.9 Å². The van der Waals surface area contributed by atoms with E-state index in [9.17, 15) is 0 Å². The fourth-order valence-electron chi connectivity index (χ4n) is 9.27. The molecule has 0 aliphatic heterocycles. The molecule has 288 valence electrons. The van der Waals surface area contributed by atoms with E-state index in [1.165, 1.54) is 33.0 Å². The molecule has 0 bridgehead atoms. The van der Waals surface area contributed by atoms with E-state index in [2.05, 4.69) is 218 Å². The fraction of sp³-hybridized carbons (Fsp3) is 0. The minimum absolute atomic E-state index is 0.694. The second kappa shape index (κ2) is 14.7. The van der Waals surface area contributed by atoms with E-state index in [0.29, 0.717) is 11.6 Å². The lowest BCUT2D eigenvalue weighted by Gasteiger charge is -2.16. The summed E-state index contributed by atoms with van der Waals surface area (Å²) in [6, 6.07) is 76.8. The van der Waals surface area contributed by atoms with Gasteiger partial charge in [-0.3, -0.25) is 0 Å². The Bertz CT molecular complexity index is 3450. The van der Waals surface area contributed by atoms with Crippen molar-refractivity contribution in [1.82, 2.24) is 19.9 Å². The smallest absolute Gasteiger partial charge is 0.161 e.